The quantitative estimate of drug-likeness (QED) is 0.937. The number of nitrogens with zero attached hydrogens (tertiary/aromatic N) is 2. The average molecular weight is 287 g/mol. The predicted molar refractivity (Wildman–Crippen MR) is 83.9 cm³/mol. The van der Waals surface area contributed by atoms with Gasteiger partial charge in [-0.25, -0.2) is 4.98 Å². The Kier molecular flexibility index (Phi) is 4.15. The lowest BCUT2D eigenvalue weighted by Crippen LogP contribution is -2.24. The topological polar surface area (TPSA) is 28.2 Å². The molecule has 0 saturated carbocycles. The van der Waals surface area contributed by atoms with Crippen LogP contribution in [-0.4, -0.2) is 23.5 Å². The van der Waals surface area contributed by atoms with Crippen LogP contribution in [-0.2, 0) is 26.1 Å². The molecule has 0 bridgehead atoms. The van der Waals surface area contributed by atoms with Gasteiger partial charge in [-0.05, 0) is 43.6 Å². The summed E-state index contributed by atoms with van der Waals surface area (Å²) >= 11 is 1.73. The Morgan fingerprint density at radius 2 is 2.20 bits per heavy atom. The van der Waals surface area contributed by atoms with Gasteiger partial charge in [0.1, 0.15) is 0 Å². The van der Waals surface area contributed by atoms with Crippen molar-refractivity contribution in [2.45, 2.75) is 33.0 Å². The fourth-order valence-electron chi connectivity index (χ4n) is 2.76. The summed E-state index contributed by atoms with van der Waals surface area (Å²) in [7, 11) is 2.16. The molecule has 20 heavy (non-hydrogen) atoms. The summed E-state index contributed by atoms with van der Waals surface area (Å²) in [6.07, 6.45) is 1.16. The van der Waals surface area contributed by atoms with Crippen molar-refractivity contribution in [2.24, 2.45) is 0 Å². The van der Waals surface area contributed by atoms with Crippen molar-refractivity contribution in [3.05, 3.63) is 51.0 Å². The van der Waals surface area contributed by atoms with Crippen molar-refractivity contribution in [2.75, 3.05) is 13.6 Å². The Morgan fingerprint density at radius 3 is 3.00 bits per heavy atom. The second-order valence-corrected chi connectivity index (χ2v) is 6.62. The van der Waals surface area contributed by atoms with Crippen molar-refractivity contribution >= 4 is 11.3 Å². The Bertz CT molecular complexity index is 591. The Hall–Kier alpha value is -1.23. The van der Waals surface area contributed by atoms with E-state index in [9.17, 15) is 0 Å². The molecule has 2 aromatic rings. The monoisotopic (exact) mass is 287 g/mol. The molecule has 4 heteroatoms. The summed E-state index contributed by atoms with van der Waals surface area (Å²) in [5.41, 5.74) is 5.54. The van der Waals surface area contributed by atoms with E-state index < -0.39 is 0 Å². The van der Waals surface area contributed by atoms with Gasteiger partial charge in [-0.15, -0.1) is 11.3 Å². The summed E-state index contributed by atoms with van der Waals surface area (Å²) in [5, 5.41) is 6.74. The van der Waals surface area contributed by atoms with E-state index in [0.29, 0.717) is 0 Å². The minimum atomic E-state index is 0.916. The highest BCUT2D eigenvalue weighted by Crippen LogP contribution is 2.17. The summed E-state index contributed by atoms with van der Waals surface area (Å²) < 4.78 is 0. The van der Waals surface area contributed by atoms with Crippen LogP contribution in [0.5, 0.6) is 0 Å². The molecule has 1 N–H and O–H groups in total. The first-order valence-electron chi connectivity index (χ1n) is 7.11. The van der Waals surface area contributed by atoms with Crippen molar-refractivity contribution in [1.82, 2.24) is 15.2 Å². The standard InChI is InChI=1S/C16H21N3S/c1-12-18-16(11-20-12)10-19(2)9-13-3-4-14-5-6-17-8-15(14)7-13/h3-4,7,11,17H,5-6,8-10H2,1-2H3. The molecule has 0 amide bonds. The fraction of sp³-hybridized carbons (Fsp3) is 0.438. The predicted octanol–water partition coefficient (Wildman–Crippen LogP) is 2.73. The summed E-state index contributed by atoms with van der Waals surface area (Å²) in [6.45, 7) is 6.07. The third-order valence-electron chi connectivity index (χ3n) is 3.71. The summed E-state index contributed by atoms with van der Waals surface area (Å²) in [6, 6.07) is 6.92. The average Bonchev–Trinajstić information content (AvgIpc) is 2.83. The first-order valence-corrected chi connectivity index (χ1v) is 7.99. The zero-order valence-electron chi connectivity index (χ0n) is 12.1. The second-order valence-electron chi connectivity index (χ2n) is 5.56. The maximum Gasteiger partial charge on any atom is 0.0897 e. The lowest BCUT2D eigenvalue weighted by molar-refractivity contribution is 0.315. The number of aryl methyl sites for hydroxylation is 1. The molecule has 0 spiro atoms. The molecule has 0 atom stereocenters. The molecule has 3 nitrogen and oxygen atoms in total. The number of benzene rings is 1. The van der Waals surface area contributed by atoms with E-state index in [-0.39, 0.29) is 0 Å². The van der Waals surface area contributed by atoms with Gasteiger partial charge in [-0.2, -0.15) is 0 Å². The van der Waals surface area contributed by atoms with Crippen LogP contribution >= 0.6 is 11.3 Å². The minimum absolute atomic E-state index is 0.916. The van der Waals surface area contributed by atoms with Crippen LogP contribution in [0.2, 0.25) is 0 Å². The number of thiazole rings is 1. The van der Waals surface area contributed by atoms with E-state index in [4.69, 9.17) is 0 Å². The number of nitrogens with one attached hydrogen (secondary N) is 1. The maximum atomic E-state index is 4.53. The van der Waals surface area contributed by atoms with Crippen LogP contribution in [0.15, 0.2) is 23.6 Å². The first kappa shape index (κ1) is 13.7. The molecule has 1 aliphatic heterocycles. The molecule has 1 aromatic heterocycles. The second kappa shape index (κ2) is 6.04. The van der Waals surface area contributed by atoms with Crippen LogP contribution in [0, 0.1) is 6.92 Å². The highest BCUT2D eigenvalue weighted by atomic mass is 32.1. The Balaban J connectivity index is 1.65. The van der Waals surface area contributed by atoms with Gasteiger partial charge < -0.3 is 5.32 Å². The van der Waals surface area contributed by atoms with Crippen molar-refractivity contribution < 1.29 is 0 Å². The van der Waals surface area contributed by atoms with Crippen LogP contribution in [0.3, 0.4) is 0 Å². The first-order chi connectivity index (χ1) is 9.70. The number of rotatable bonds is 4. The summed E-state index contributed by atoms with van der Waals surface area (Å²) in [5.74, 6) is 0. The van der Waals surface area contributed by atoms with Gasteiger partial charge in [0.2, 0.25) is 0 Å². The van der Waals surface area contributed by atoms with Gasteiger partial charge in [0.15, 0.2) is 0 Å². The van der Waals surface area contributed by atoms with Crippen LogP contribution < -0.4 is 5.32 Å². The van der Waals surface area contributed by atoms with E-state index in [1.807, 2.05) is 0 Å². The summed E-state index contributed by atoms with van der Waals surface area (Å²) in [4.78, 5) is 6.86. The molecule has 0 aliphatic carbocycles. The lowest BCUT2D eigenvalue weighted by atomic mass is 9.98. The third kappa shape index (κ3) is 3.26. The van der Waals surface area contributed by atoms with Gasteiger partial charge in [0.05, 0.1) is 10.7 Å². The van der Waals surface area contributed by atoms with E-state index in [1.54, 1.807) is 11.3 Å². The Labute approximate surface area is 124 Å². The maximum absolute atomic E-state index is 4.53. The molecule has 2 heterocycles. The molecule has 0 saturated heterocycles. The van der Waals surface area contributed by atoms with Crippen LogP contribution in [0.25, 0.3) is 0 Å². The van der Waals surface area contributed by atoms with E-state index in [1.165, 1.54) is 22.4 Å². The fourth-order valence-corrected chi connectivity index (χ4v) is 3.36. The largest absolute Gasteiger partial charge is 0.312 e. The van der Waals surface area contributed by atoms with E-state index in [0.717, 1.165) is 37.6 Å². The molecule has 106 valence electrons. The zero-order chi connectivity index (χ0) is 13.9. The molecular weight excluding hydrogens is 266 g/mol. The zero-order valence-corrected chi connectivity index (χ0v) is 13.0. The smallest absolute Gasteiger partial charge is 0.0897 e. The molecule has 3 rings (SSSR count). The number of hydrogen-bond acceptors (Lipinski definition) is 4. The van der Waals surface area contributed by atoms with Gasteiger partial charge in [-0.3, -0.25) is 4.90 Å². The van der Waals surface area contributed by atoms with Gasteiger partial charge in [-0.1, -0.05) is 18.2 Å². The van der Waals surface area contributed by atoms with Gasteiger partial charge in [0.25, 0.3) is 0 Å². The van der Waals surface area contributed by atoms with Gasteiger partial charge in [0, 0.05) is 25.0 Å². The number of hydrogen-bond donors (Lipinski definition) is 1. The molecule has 0 fully saturated rings. The van der Waals surface area contributed by atoms with Crippen LogP contribution in [0.1, 0.15) is 27.4 Å². The Morgan fingerprint density at radius 1 is 1.30 bits per heavy atom. The molecule has 1 aliphatic rings. The highest BCUT2D eigenvalue weighted by Gasteiger charge is 2.10. The van der Waals surface area contributed by atoms with Crippen molar-refractivity contribution in [3.8, 4) is 0 Å². The van der Waals surface area contributed by atoms with Crippen molar-refractivity contribution in [3.63, 3.8) is 0 Å². The molecule has 0 unspecified atom stereocenters. The number of aromatic nitrogens is 1. The minimum Gasteiger partial charge on any atom is -0.312 e. The van der Waals surface area contributed by atoms with Crippen LogP contribution in [0.4, 0.5) is 0 Å². The van der Waals surface area contributed by atoms with E-state index in [2.05, 4.69) is 52.8 Å². The highest BCUT2D eigenvalue weighted by molar-refractivity contribution is 7.09. The van der Waals surface area contributed by atoms with Gasteiger partial charge >= 0.3 is 0 Å². The molecule has 1 aromatic carbocycles. The number of fused-ring (bicyclic) bond motifs is 1. The third-order valence-corrected chi connectivity index (χ3v) is 4.53. The molecular formula is C16H21N3S. The van der Waals surface area contributed by atoms with E-state index >= 15 is 0 Å². The SMILES string of the molecule is Cc1nc(CN(C)Cc2ccc3c(c2)CNCC3)cs1. The molecule has 0 radical (unpaired) electrons. The van der Waals surface area contributed by atoms with Crippen molar-refractivity contribution in [1.29, 1.82) is 0 Å². The lowest BCUT2D eigenvalue weighted by Gasteiger charge is -2.20. The normalized spacial score (nSPS) is 14.6.